The molecule has 3 rings (SSSR count). The summed E-state index contributed by atoms with van der Waals surface area (Å²) in [6.07, 6.45) is 8.40. The fraction of sp³-hybridized carbons (Fsp3) is 0.882. The van der Waals surface area contributed by atoms with Crippen molar-refractivity contribution >= 4 is 11.9 Å². The van der Waals surface area contributed by atoms with Crippen LogP contribution in [0.25, 0.3) is 0 Å². The molecule has 0 spiro atoms. The van der Waals surface area contributed by atoms with Crippen LogP contribution in [-0.2, 0) is 9.53 Å². The maximum absolute atomic E-state index is 12.5. The minimum absolute atomic E-state index is 0.0602. The maximum atomic E-state index is 12.5. The Balaban J connectivity index is 1.82. The van der Waals surface area contributed by atoms with Gasteiger partial charge in [-0.05, 0) is 44.4 Å². The molecular weight excluding hydrogens is 266 g/mol. The van der Waals surface area contributed by atoms with Crippen molar-refractivity contribution in [2.24, 2.45) is 17.8 Å². The standard InChI is InChI=1S/C17H27NO3/c1-2-21-17(20)18-11-12-7-6-9-13(12)16(18)14-8-4-3-5-10-15(14)19/h12-14,16H,2-11H2,1H3. The second-order valence-corrected chi connectivity index (χ2v) is 6.87. The SMILES string of the molecule is CCOC(=O)N1CC2CCCC2C1C1CCCCCC1=O. The second kappa shape index (κ2) is 6.37. The molecule has 0 N–H and O–H groups in total. The summed E-state index contributed by atoms with van der Waals surface area (Å²) >= 11 is 0. The predicted molar refractivity (Wildman–Crippen MR) is 79.9 cm³/mol. The van der Waals surface area contributed by atoms with Gasteiger partial charge in [0.15, 0.2) is 0 Å². The third-order valence-electron chi connectivity index (χ3n) is 5.71. The van der Waals surface area contributed by atoms with Crippen molar-refractivity contribution in [3.05, 3.63) is 0 Å². The van der Waals surface area contributed by atoms with Crippen LogP contribution in [0.5, 0.6) is 0 Å². The molecule has 4 unspecified atom stereocenters. The van der Waals surface area contributed by atoms with Crippen molar-refractivity contribution < 1.29 is 14.3 Å². The van der Waals surface area contributed by atoms with Crippen molar-refractivity contribution in [1.82, 2.24) is 4.90 Å². The predicted octanol–water partition coefficient (Wildman–Crippen LogP) is 3.39. The third-order valence-corrected chi connectivity index (χ3v) is 5.71. The first-order chi connectivity index (χ1) is 10.2. The largest absolute Gasteiger partial charge is 0.450 e. The highest BCUT2D eigenvalue weighted by atomic mass is 16.6. The number of Topliss-reactive ketones (excluding diaryl/α,β-unsaturated/α-hetero) is 1. The molecule has 0 aromatic heterocycles. The summed E-state index contributed by atoms with van der Waals surface area (Å²) in [7, 11) is 0. The zero-order chi connectivity index (χ0) is 14.8. The normalized spacial score (nSPS) is 36.4. The van der Waals surface area contributed by atoms with Gasteiger partial charge in [0.2, 0.25) is 0 Å². The molecule has 1 saturated heterocycles. The van der Waals surface area contributed by atoms with Crippen LogP contribution >= 0.6 is 0 Å². The van der Waals surface area contributed by atoms with Crippen molar-refractivity contribution in [1.29, 1.82) is 0 Å². The molecule has 0 aromatic rings. The van der Waals surface area contributed by atoms with Gasteiger partial charge in [-0.1, -0.05) is 19.3 Å². The Hall–Kier alpha value is -1.06. The number of nitrogens with zero attached hydrogens (tertiary/aromatic N) is 1. The molecule has 4 nitrogen and oxygen atoms in total. The maximum Gasteiger partial charge on any atom is 0.410 e. The van der Waals surface area contributed by atoms with Crippen molar-refractivity contribution in [3.63, 3.8) is 0 Å². The van der Waals surface area contributed by atoms with Crippen LogP contribution in [0.3, 0.4) is 0 Å². The lowest BCUT2D eigenvalue weighted by molar-refractivity contribution is -0.124. The van der Waals surface area contributed by atoms with E-state index in [9.17, 15) is 9.59 Å². The average molecular weight is 293 g/mol. The monoisotopic (exact) mass is 293 g/mol. The first-order valence-electron chi connectivity index (χ1n) is 8.68. The number of ketones is 1. The summed E-state index contributed by atoms with van der Waals surface area (Å²) in [5.74, 6) is 1.57. The molecular formula is C17H27NO3. The lowest BCUT2D eigenvalue weighted by Gasteiger charge is -2.33. The fourth-order valence-corrected chi connectivity index (χ4v) is 4.81. The highest BCUT2D eigenvalue weighted by Crippen LogP contribution is 2.46. The molecule has 3 fully saturated rings. The van der Waals surface area contributed by atoms with E-state index in [1.807, 2.05) is 11.8 Å². The zero-order valence-electron chi connectivity index (χ0n) is 13.1. The van der Waals surface area contributed by atoms with Crippen molar-refractivity contribution in [2.45, 2.75) is 64.3 Å². The number of hydrogen-bond donors (Lipinski definition) is 0. The highest BCUT2D eigenvalue weighted by molar-refractivity contribution is 5.83. The summed E-state index contributed by atoms with van der Waals surface area (Å²) in [6.45, 7) is 3.06. The molecule has 0 bridgehead atoms. The van der Waals surface area contributed by atoms with Crippen LogP contribution in [0.15, 0.2) is 0 Å². The summed E-state index contributed by atoms with van der Waals surface area (Å²) in [6, 6.07) is 0.113. The van der Waals surface area contributed by atoms with E-state index in [1.54, 1.807) is 0 Å². The van der Waals surface area contributed by atoms with E-state index in [0.717, 1.165) is 32.2 Å². The smallest absolute Gasteiger partial charge is 0.410 e. The van der Waals surface area contributed by atoms with Gasteiger partial charge in [-0.2, -0.15) is 0 Å². The Morgan fingerprint density at radius 3 is 2.86 bits per heavy atom. The van der Waals surface area contributed by atoms with E-state index in [2.05, 4.69) is 0 Å². The van der Waals surface area contributed by atoms with E-state index in [-0.39, 0.29) is 18.1 Å². The molecule has 1 heterocycles. The minimum Gasteiger partial charge on any atom is -0.450 e. The summed E-state index contributed by atoms with van der Waals surface area (Å²) in [5, 5.41) is 0. The van der Waals surface area contributed by atoms with Crippen LogP contribution in [0, 0.1) is 17.8 Å². The Morgan fingerprint density at radius 2 is 2.05 bits per heavy atom. The van der Waals surface area contributed by atoms with Gasteiger partial charge >= 0.3 is 6.09 Å². The van der Waals surface area contributed by atoms with E-state index < -0.39 is 0 Å². The van der Waals surface area contributed by atoms with Crippen LogP contribution in [0.1, 0.15) is 58.3 Å². The first kappa shape index (κ1) is 14.9. The summed E-state index contributed by atoms with van der Waals surface area (Å²) in [5.41, 5.74) is 0. The lowest BCUT2D eigenvalue weighted by Crippen LogP contribution is -2.45. The molecule has 1 amide bonds. The molecule has 2 saturated carbocycles. The number of hydrogen-bond acceptors (Lipinski definition) is 3. The van der Waals surface area contributed by atoms with Gasteiger partial charge < -0.3 is 9.64 Å². The van der Waals surface area contributed by atoms with E-state index in [0.29, 0.717) is 30.6 Å². The average Bonchev–Trinajstić information content (AvgIpc) is 2.97. The first-order valence-corrected chi connectivity index (χ1v) is 8.68. The minimum atomic E-state index is -0.200. The number of likely N-dealkylation sites (tertiary alicyclic amines) is 1. The highest BCUT2D eigenvalue weighted by Gasteiger charge is 2.50. The van der Waals surface area contributed by atoms with Gasteiger partial charge in [-0.25, -0.2) is 4.79 Å². The van der Waals surface area contributed by atoms with E-state index in [1.165, 1.54) is 19.3 Å². The molecule has 21 heavy (non-hydrogen) atoms. The van der Waals surface area contributed by atoms with Gasteiger partial charge in [0.05, 0.1) is 6.61 Å². The van der Waals surface area contributed by atoms with Crippen molar-refractivity contribution in [2.75, 3.05) is 13.2 Å². The molecule has 0 aromatic carbocycles. The van der Waals surface area contributed by atoms with Crippen LogP contribution in [-0.4, -0.2) is 36.0 Å². The molecule has 2 aliphatic carbocycles. The van der Waals surface area contributed by atoms with Crippen LogP contribution in [0.4, 0.5) is 4.79 Å². The topological polar surface area (TPSA) is 46.6 Å². The van der Waals surface area contributed by atoms with Gasteiger partial charge in [0.25, 0.3) is 0 Å². The second-order valence-electron chi connectivity index (χ2n) is 6.87. The Bertz CT molecular complexity index is 409. The van der Waals surface area contributed by atoms with E-state index in [4.69, 9.17) is 4.74 Å². The van der Waals surface area contributed by atoms with Gasteiger partial charge in [0, 0.05) is 24.9 Å². The third kappa shape index (κ3) is 2.82. The fourth-order valence-electron chi connectivity index (χ4n) is 4.81. The Labute approximate surface area is 127 Å². The van der Waals surface area contributed by atoms with Gasteiger partial charge in [-0.3, -0.25) is 4.79 Å². The molecule has 3 aliphatic rings. The quantitative estimate of drug-likeness (QED) is 0.733. The van der Waals surface area contributed by atoms with Crippen LogP contribution < -0.4 is 0 Å². The van der Waals surface area contributed by atoms with Gasteiger partial charge in [-0.15, -0.1) is 0 Å². The van der Waals surface area contributed by atoms with Crippen LogP contribution in [0.2, 0.25) is 0 Å². The number of carbonyl (C=O) groups is 2. The number of amides is 1. The lowest BCUT2D eigenvalue weighted by atomic mass is 9.81. The molecule has 0 radical (unpaired) electrons. The molecule has 4 heteroatoms. The van der Waals surface area contributed by atoms with Crippen molar-refractivity contribution in [3.8, 4) is 0 Å². The molecule has 1 aliphatic heterocycles. The number of rotatable bonds is 2. The number of ether oxygens (including phenoxy) is 1. The molecule has 118 valence electrons. The summed E-state index contributed by atoms with van der Waals surface area (Å²) < 4.78 is 5.25. The number of carbonyl (C=O) groups excluding carboxylic acids is 2. The van der Waals surface area contributed by atoms with E-state index >= 15 is 0 Å². The Morgan fingerprint density at radius 1 is 1.19 bits per heavy atom. The zero-order valence-corrected chi connectivity index (χ0v) is 13.1. The molecule has 4 atom stereocenters. The number of fused-ring (bicyclic) bond motifs is 1. The summed E-state index contributed by atoms with van der Waals surface area (Å²) in [4.78, 5) is 26.8. The van der Waals surface area contributed by atoms with Gasteiger partial charge in [0.1, 0.15) is 5.78 Å². The Kier molecular flexibility index (Phi) is 4.51.